The SMILES string of the molecule is CC(O)C1(c2ccccc2)CCN(C(=O)C(c2ccccc2)n2cnc3[nH]ncc3c2=S)CC1. The van der Waals surface area contributed by atoms with Gasteiger partial charge in [-0.15, -0.1) is 0 Å². The van der Waals surface area contributed by atoms with E-state index in [1.807, 2.05) is 60.4 Å². The average molecular weight is 474 g/mol. The highest BCUT2D eigenvalue weighted by Crippen LogP contribution is 2.39. The van der Waals surface area contributed by atoms with E-state index < -0.39 is 12.1 Å². The Hall–Kier alpha value is -3.36. The zero-order valence-corrected chi connectivity index (χ0v) is 19.8. The van der Waals surface area contributed by atoms with Crippen molar-refractivity contribution in [2.24, 2.45) is 0 Å². The zero-order chi connectivity index (χ0) is 23.7. The first-order valence-electron chi connectivity index (χ1n) is 11.5. The minimum absolute atomic E-state index is 0.0285. The molecule has 174 valence electrons. The van der Waals surface area contributed by atoms with Crippen LogP contribution in [-0.4, -0.2) is 54.9 Å². The lowest BCUT2D eigenvalue weighted by Gasteiger charge is -2.45. The standard InChI is InChI=1S/C26H27N5O2S/c1-18(32)26(20-10-6-3-7-11-20)12-14-30(15-13-26)24(33)22(19-8-4-2-5-9-19)31-17-27-23-21(25(31)34)16-28-29-23/h2-11,16-18,22,32H,12-15H2,1H3,(H,28,29). The number of benzene rings is 2. The van der Waals surface area contributed by atoms with Gasteiger partial charge < -0.3 is 14.6 Å². The first-order chi connectivity index (χ1) is 16.5. The quantitative estimate of drug-likeness (QED) is 0.428. The number of hydrogen-bond donors (Lipinski definition) is 2. The summed E-state index contributed by atoms with van der Waals surface area (Å²) in [5, 5.41) is 18.3. The van der Waals surface area contributed by atoms with E-state index in [9.17, 15) is 9.90 Å². The van der Waals surface area contributed by atoms with Crippen LogP contribution >= 0.6 is 12.2 Å². The molecule has 0 saturated carbocycles. The number of aromatic nitrogens is 4. The normalized spacial score (nSPS) is 17.4. The fraction of sp³-hybridized carbons (Fsp3) is 0.308. The number of nitrogens with zero attached hydrogens (tertiary/aromatic N) is 4. The maximum absolute atomic E-state index is 14.0. The molecule has 1 aliphatic rings. The smallest absolute Gasteiger partial charge is 0.250 e. The zero-order valence-electron chi connectivity index (χ0n) is 19.0. The van der Waals surface area contributed by atoms with Gasteiger partial charge in [0, 0.05) is 18.5 Å². The van der Waals surface area contributed by atoms with E-state index in [0.717, 1.165) is 11.1 Å². The third-order valence-electron chi connectivity index (χ3n) is 7.14. The van der Waals surface area contributed by atoms with Gasteiger partial charge in [0.15, 0.2) is 5.65 Å². The first-order valence-corrected chi connectivity index (χ1v) is 11.9. The number of rotatable bonds is 5. The maximum atomic E-state index is 14.0. The second-order valence-electron chi connectivity index (χ2n) is 8.93. The fourth-order valence-corrected chi connectivity index (χ4v) is 5.41. The number of likely N-dealkylation sites (tertiary alicyclic amines) is 1. The van der Waals surface area contributed by atoms with Crippen LogP contribution in [0.1, 0.15) is 36.9 Å². The summed E-state index contributed by atoms with van der Waals surface area (Å²) < 4.78 is 2.28. The molecule has 0 spiro atoms. The van der Waals surface area contributed by atoms with Crippen LogP contribution in [0.4, 0.5) is 0 Å². The summed E-state index contributed by atoms with van der Waals surface area (Å²) in [6.07, 6.45) is 4.12. The number of carbonyl (C=O) groups excluding carboxylic acids is 1. The molecule has 0 bridgehead atoms. The molecule has 2 N–H and O–H groups in total. The van der Waals surface area contributed by atoms with Crippen LogP contribution in [0.15, 0.2) is 73.2 Å². The lowest BCUT2D eigenvalue weighted by atomic mass is 9.69. The largest absolute Gasteiger partial charge is 0.392 e. The van der Waals surface area contributed by atoms with Crippen molar-refractivity contribution in [3.05, 3.63) is 89.0 Å². The number of carbonyl (C=O) groups is 1. The number of aromatic amines is 1. The van der Waals surface area contributed by atoms with Gasteiger partial charge in [0.2, 0.25) is 5.91 Å². The van der Waals surface area contributed by atoms with Crippen LogP contribution in [0.5, 0.6) is 0 Å². The third kappa shape index (κ3) is 3.82. The molecule has 1 saturated heterocycles. The second kappa shape index (κ2) is 9.12. The Balaban J connectivity index is 1.48. The molecule has 0 radical (unpaired) electrons. The predicted molar refractivity (Wildman–Crippen MR) is 133 cm³/mol. The summed E-state index contributed by atoms with van der Waals surface area (Å²) >= 11 is 5.74. The molecule has 1 fully saturated rings. The Labute approximate surface area is 203 Å². The topological polar surface area (TPSA) is 87.0 Å². The van der Waals surface area contributed by atoms with Crippen LogP contribution in [0.3, 0.4) is 0 Å². The fourth-order valence-electron chi connectivity index (χ4n) is 5.10. The van der Waals surface area contributed by atoms with Crippen LogP contribution in [-0.2, 0) is 10.2 Å². The number of fused-ring (bicyclic) bond motifs is 1. The van der Waals surface area contributed by atoms with Gasteiger partial charge in [-0.3, -0.25) is 9.89 Å². The van der Waals surface area contributed by atoms with E-state index in [2.05, 4.69) is 27.3 Å². The van der Waals surface area contributed by atoms with Crippen molar-refractivity contribution in [2.75, 3.05) is 13.1 Å². The molecule has 0 aliphatic carbocycles. The molecule has 2 atom stereocenters. The summed E-state index contributed by atoms with van der Waals surface area (Å²) in [7, 11) is 0. The van der Waals surface area contributed by atoms with E-state index in [0.29, 0.717) is 41.6 Å². The molecule has 34 heavy (non-hydrogen) atoms. The molecule has 2 aromatic carbocycles. The van der Waals surface area contributed by atoms with Gasteiger partial charge in [0.05, 0.1) is 24.0 Å². The van der Waals surface area contributed by atoms with Crippen molar-refractivity contribution in [2.45, 2.75) is 37.3 Å². The first kappa shape index (κ1) is 22.4. The van der Waals surface area contributed by atoms with Gasteiger partial charge in [-0.05, 0) is 30.9 Å². The number of amides is 1. The molecular weight excluding hydrogens is 446 g/mol. The van der Waals surface area contributed by atoms with Gasteiger partial charge in [0.1, 0.15) is 10.7 Å². The van der Waals surface area contributed by atoms with E-state index in [1.54, 1.807) is 17.1 Å². The number of hydrogen-bond acceptors (Lipinski definition) is 5. The van der Waals surface area contributed by atoms with Crippen molar-refractivity contribution in [3.63, 3.8) is 0 Å². The monoisotopic (exact) mass is 473 g/mol. The third-order valence-corrected chi connectivity index (χ3v) is 7.57. The van der Waals surface area contributed by atoms with Crippen LogP contribution in [0.2, 0.25) is 0 Å². The molecule has 5 rings (SSSR count). The maximum Gasteiger partial charge on any atom is 0.250 e. The van der Waals surface area contributed by atoms with E-state index >= 15 is 0 Å². The average Bonchev–Trinajstić information content (AvgIpc) is 3.36. The van der Waals surface area contributed by atoms with Gasteiger partial charge >= 0.3 is 0 Å². The van der Waals surface area contributed by atoms with Crippen LogP contribution in [0, 0.1) is 4.64 Å². The molecule has 8 heteroatoms. The lowest BCUT2D eigenvalue weighted by molar-refractivity contribution is -0.136. The summed E-state index contributed by atoms with van der Waals surface area (Å²) in [5.41, 5.74) is 2.20. The Morgan fingerprint density at radius 3 is 2.38 bits per heavy atom. The lowest BCUT2D eigenvalue weighted by Crippen LogP contribution is -2.51. The molecule has 1 amide bonds. The van der Waals surface area contributed by atoms with E-state index in [-0.39, 0.29) is 11.3 Å². The Morgan fingerprint density at radius 1 is 1.09 bits per heavy atom. The Kier molecular flexibility index (Phi) is 6.02. The van der Waals surface area contributed by atoms with Crippen molar-refractivity contribution in [1.82, 2.24) is 24.6 Å². The molecule has 4 aromatic rings. The van der Waals surface area contributed by atoms with Crippen LogP contribution < -0.4 is 0 Å². The predicted octanol–water partition coefficient (Wildman–Crippen LogP) is 4.02. The summed E-state index contributed by atoms with van der Waals surface area (Å²) in [5.74, 6) is -0.0285. The summed E-state index contributed by atoms with van der Waals surface area (Å²) in [6, 6.07) is 19.2. The highest BCUT2D eigenvalue weighted by atomic mass is 32.1. The van der Waals surface area contributed by atoms with Gasteiger partial charge in [-0.2, -0.15) is 5.10 Å². The second-order valence-corrected chi connectivity index (χ2v) is 9.31. The summed E-state index contributed by atoms with van der Waals surface area (Å²) in [4.78, 5) is 20.3. The van der Waals surface area contributed by atoms with Crippen molar-refractivity contribution >= 4 is 29.2 Å². The number of H-pyrrole nitrogens is 1. The Bertz CT molecular complexity index is 1340. The van der Waals surface area contributed by atoms with Gasteiger partial charge in [-0.1, -0.05) is 72.9 Å². The molecule has 7 nitrogen and oxygen atoms in total. The van der Waals surface area contributed by atoms with Gasteiger partial charge in [-0.25, -0.2) is 4.98 Å². The molecule has 2 unspecified atom stereocenters. The number of aliphatic hydroxyl groups is 1. The number of piperidine rings is 1. The van der Waals surface area contributed by atoms with Crippen molar-refractivity contribution in [1.29, 1.82) is 0 Å². The van der Waals surface area contributed by atoms with E-state index in [1.165, 1.54) is 0 Å². The molecule has 3 heterocycles. The van der Waals surface area contributed by atoms with Crippen molar-refractivity contribution < 1.29 is 9.90 Å². The van der Waals surface area contributed by atoms with E-state index in [4.69, 9.17) is 12.2 Å². The molecular formula is C26H27N5O2S. The minimum Gasteiger partial charge on any atom is -0.392 e. The van der Waals surface area contributed by atoms with Gasteiger partial charge in [0.25, 0.3) is 0 Å². The highest BCUT2D eigenvalue weighted by molar-refractivity contribution is 7.71. The number of nitrogens with one attached hydrogen (secondary N) is 1. The number of aliphatic hydroxyl groups excluding tert-OH is 1. The molecule has 1 aliphatic heterocycles. The minimum atomic E-state index is -0.628. The van der Waals surface area contributed by atoms with Crippen molar-refractivity contribution in [3.8, 4) is 0 Å². The highest BCUT2D eigenvalue weighted by Gasteiger charge is 2.42. The Morgan fingerprint density at radius 2 is 1.74 bits per heavy atom. The summed E-state index contributed by atoms with van der Waals surface area (Å²) in [6.45, 7) is 2.95. The van der Waals surface area contributed by atoms with Crippen LogP contribution in [0.25, 0.3) is 11.0 Å². The molecule has 2 aromatic heterocycles.